The number of unbranched alkanes of at least 4 members (excludes halogenated alkanes) is 3. The predicted octanol–water partition coefficient (Wildman–Crippen LogP) is 7.54. The lowest BCUT2D eigenvalue weighted by atomic mass is 9.87. The van der Waals surface area contributed by atoms with Crippen LogP contribution in [0.15, 0.2) is 12.2 Å². The number of allylic oxidation sites excluding steroid dienone is 1. The van der Waals surface area contributed by atoms with Crippen LogP contribution in [0.2, 0.25) is 0 Å². The fourth-order valence-electron chi connectivity index (χ4n) is 3.10. The summed E-state index contributed by atoms with van der Waals surface area (Å²) in [4.78, 5) is 0. The van der Waals surface area contributed by atoms with Crippen molar-refractivity contribution in [2.45, 2.75) is 105 Å². The molecule has 120 valence electrons. The highest BCUT2D eigenvalue weighted by Gasteiger charge is 2.11. The highest BCUT2D eigenvalue weighted by Crippen LogP contribution is 2.26. The van der Waals surface area contributed by atoms with Gasteiger partial charge in [-0.2, -0.15) is 0 Å². The molecule has 0 spiro atoms. The summed E-state index contributed by atoms with van der Waals surface area (Å²) in [5.74, 6) is 1.73. The Kier molecular flexibility index (Phi) is 13.5. The molecule has 0 bridgehead atoms. The molecule has 0 aromatic rings. The second kappa shape index (κ2) is 13.7. The minimum Gasteiger partial charge on any atom is -0.0996 e. The van der Waals surface area contributed by atoms with E-state index in [1.807, 2.05) is 0 Å². The zero-order valence-electron chi connectivity index (χ0n) is 14.8. The maximum absolute atomic E-state index is 4.39. The maximum Gasteiger partial charge on any atom is -0.0206 e. The Morgan fingerprint density at radius 3 is 1.95 bits per heavy atom. The van der Waals surface area contributed by atoms with Crippen LogP contribution >= 0.6 is 0 Å². The minimum atomic E-state index is 0.803. The molecule has 0 amide bonds. The zero-order valence-corrected chi connectivity index (χ0v) is 14.8. The minimum absolute atomic E-state index is 0.803. The molecular formula is C20H40. The van der Waals surface area contributed by atoms with Gasteiger partial charge in [0.15, 0.2) is 0 Å². The van der Waals surface area contributed by atoms with Crippen LogP contribution in [0, 0.1) is 11.8 Å². The molecule has 0 radical (unpaired) electrons. The third kappa shape index (κ3) is 10.5. The van der Waals surface area contributed by atoms with E-state index in [2.05, 4.69) is 34.3 Å². The van der Waals surface area contributed by atoms with E-state index in [-0.39, 0.29) is 0 Å². The van der Waals surface area contributed by atoms with E-state index >= 15 is 0 Å². The zero-order chi connectivity index (χ0) is 15.2. The van der Waals surface area contributed by atoms with Gasteiger partial charge in [0, 0.05) is 0 Å². The molecule has 0 saturated heterocycles. The van der Waals surface area contributed by atoms with Gasteiger partial charge in [0.1, 0.15) is 0 Å². The van der Waals surface area contributed by atoms with E-state index in [9.17, 15) is 0 Å². The smallest absolute Gasteiger partial charge is 0.0206 e. The highest BCUT2D eigenvalue weighted by molar-refractivity contribution is 5.00. The molecule has 0 nitrogen and oxygen atoms in total. The summed E-state index contributed by atoms with van der Waals surface area (Å²) < 4.78 is 0. The monoisotopic (exact) mass is 280 g/mol. The molecule has 0 rings (SSSR count). The van der Waals surface area contributed by atoms with Gasteiger partial charge in [-0.05, 0) is 37.5 Å². The first-order valence-corrected chi connectivity index (χ1v) is 9.33. The van der Waals surface area contributed by atoms with E-state index in [1.54, 1.807) is 5.57 Å². The van der Waals surface area contributed by atoms with Crippen molar-refractivity contribution in [2.24, 2.45) is 11.8 Å². The van der Waals surface area contributed by atoms with Gasteiger partial charge < -0.3 is 0 Å². The second-order valence-electron chi connectivity index (χ2n) is 6.78. The summed E-state index contributed by atoms with van der Waals surface area (Å²) in [5.41, 5.74) is 1.54. The Morgan fingerprint density at radius 2 is 1.35 bits per heavy atom. The SMILES string of the molecule is C=C(CCCCC(C)CCCC)C(CCC)CCCC. The summed E-state index contributed by atoms with van der Waals surface area (Å²) in [7, 11) is 0. The van der Waals surface area contributed by atoms with Gasteiger partial charge >= 0.3 is 0 Å². The molecule has 2 atom stereocenters. The first-order chi connectivity index (χ1) is 9.65. The molecule has 0 aromatic heterocycles. The van der Waals surface area contributed by atoms with E-state index in [0.29, 0.717) is 0 Å². The molecule has 0 heteroatoms. The Morgan fingerprint density at radius 1 is 0.750 bits per heavy atom. The van der Waals surface area contributed by atoms with Crippen molar-refractivity contribution in [3.8, 4) is 0 Å². The van der Waals surface area contributed by atoms with Crippen LogP contribution in [0.1, 0.15) is 105 Å². The van der Waals surface area contributed by atoms with Crippen molar-refractivity contribution in [1.29, 1.82) is 0 Å². The van der Waals surface area contributed by atoms with Crippen molar-refractivity contribution in [3.05, 3.63) is 12.2 Å². The summed E-state index contributed by atoms with van der Waals surface area (Å²) in [6.07, 6.45) is 16.4. The van der Waals surface area contributed by atoms with Crippen LogP contribution in [0.5, 0.6) is 0 Å². The van der Waals surface area contributed by atoms with E-state index in [1.165, 1.54) is 77.0 Å². The van der Waals surface area contributed by atoms with Gasteiger partial charge in [-0.15, -0.1) is 0 Å². The molecule has 20 heavy (non-hydrogen) atoms. The average Bonchev–Trinajstić information content (AvgIpc) is 2.45. The molecule has 0 aromatic carbocycles. The lowest BCUT2D eigenvalue weighted by Crippen LogP contribution is -2.04. The third-order valence-corrected chi connectivity index (χ3v) is 4.62. The largest absolute Gasteiger partial charge is 0.0996 e. The fourth-order valence-corrected chi connectivity index (χ4v) is 3.10. The van der Waals surface area contributed by atoms with E-state index in [0.717, 1.165) is 11.8 Å². The van der Waals surface area contributed by atoms with Crippen LogP contribution in [0.25, 0.3) is 0 Å². The molecule has 0 aliphatic heterocycles. The Bertz CT molecular complexity index is 216. The average molecular weight is 281 g/mol. The van der Waals surface area contributed by atoms with Crippen molar-refractivity contribution in [3.63, 3.8) is 0 Å². The van der Waals surface area contributed by atoms with Crippen molar-refractivity contribution in [2.75, 3.05) is 0 Å². The van der Waals surface area contributed by atoms with Gasteiger partial charge in [0.2, 0.25) is 0 Å². The lowest BCUT2D eigenvalue weighted by molar-refractivity contribution is 0.437. The quantitative estimate of drug-likeness (QED) is 0.228. The van der Waals surface area contributed by atoms with Crippen molar-refractivity contribution < 1.29 is 0 Å². The standard InChI is InChI=1S/C20H40/c1-6-9-14-18(4)15-11-12-16-19(5)20(13-8-3)17-10-7-2/h18,20H,5-17H2,1-4H3. The van der Waals surface area contributed by atoms with Crippen LogP contribution in [-0.2, 0) is 0 Å². The van der Waals surface area contributed by atoms with Crippen molar-refractivity contribution in [1.82, 2.24) is 0 Å². The predicted molar refractivity (Wildman–Crippen MR) is 94.2 cm³/mol. The molecular weight excluding hydrogens is 240 g/mol. The van der Waals surface area contributed by atoms with Crippen LogP contribution in [-0.4, -0.2) is 0 Å². The maximum atomic E-state index is 4.39. The molecule has 0 heterocycles. The lowest BCUT2D eigenvalue weighted by Gasteiger charge is -2.19. The number of hydrogen-bond donors (Lipinski definition) is 0. The van der Waals surface area contributed by atoms with Gasteiger partial charge in [-0.3, -0.25) is 0 Å². The highest BCUT2D eigenvalue weighted by atomic mass is 14.2. The Balaban J connectivity index is 3.77. The van der Waals surface area contributed by atoms with Gasteiger partial charge in [-0.1, -0.05) is 91.2 Å². The van der Waals surface area contributed by atoms with Gasteiger partial charge in [0.25, 0.3) is 0 Å². The topological polar surface area (TPSA) is 0 Å². The molecule has 0 aliphatic carbocycles. The number of rotatable bonds is 14. The summed E-state index contributed by atoms with van der Waals surface area (Å²) >= 11 is 0. The van der Waals surface area contributed by atoms with Gasteiger partial charge in [-0.25, -0.2) is 0 Å². The molecule has 0 saturated carbocycles. The summed E-state index contributed by atoms with van der Waals surface area (Å²) in [5, 5.41) is 0. The Hall–Kier alpha value is -0.260. The normalized spacial score (nSPS) is 14.2. The van der Waals surface area contributed by atoms with Crippen molar-refractivity contribution >= 4 is 0 Å². The molecule has 0 fully saturated rings. The van der Waals surface area contributed by atoms with Crippen LogP contribution in [0.3, 0.4) is 0 Å². The molecule has 0 N–H and O–H groups in total. The van der Waals surface area contributed by atoms with E-state index in [4.69, 9.17) is 0 Å². The van der Waals surface area contributed by atoms with E-state index < -0.39 is 0 Å². The Labute approximate surface area is 129 Å². The third-order valence-electron chi connectivity index (χ3n) is 4.62. The molecule has 2 unspecified atom stereocenters. The fraction of sp³-hybridized carbons (Fsp3) is 0.900. The number of hydrogen-bond acceptors (Lipinski definition) is 0. The molecule has 0 aliphatic rings. The second-order valence-corrected chi connectivity index (χ2v) is 6.78. The first kappa shape index (κ1) is 19.7. The van der Waals surface area contributed by atoms with Crippen LogP contribution in [0.4, 0.5) is 0 Å². The van der Waals surface area contributed by atoms with Gasteiger partial charge in [0.05, 0.1) is 0 Å². The first-order valence-electron chi connectivity index (χ1n) is 9.33. The summed E-state index contributed by atoms with van der Waals surface area (Å²) in [6.45, 7) is 13.7. The summed E-state index contributed by atoms with van der Waals surface area (Å²) in [6, 6.07) is 0. The van der Waals surface area contributed by atoms with Crippen LogP contribution < -0.4 is 0 Å².